The van der Waals surface area contributed by atoms with Crippen molar-refractivity contribution < 1.29 is 12.6 Å². The van der Waals surface area contributed by atoms with Gasteiger partial charge in [-0.15, -0.1) is 0 Å². The van der Waals surface area contributed by atoms with Gasteiger partial charge in [0.1, 0.15) is 9.84 Å². The van der Waals surface area contributed by atoms with Crippen molar-refractivity contribution in [2.45, 2.75) is 60.8 Å². The fourth-order valence-electron chi connectivity index (χ4n) is 0.787. The van der Waals surface area contributed by atoms with Crippen molar-refractivity contribution in [1.82, 2.24) is 0 Å². The number of rotatable bonds is 0. The largest absolute Gasteiger partial charge is 0.260 e. The highest BCUT2D eigenvalue weighted by atomic mass is 32.2. The molecule has 0 aromatic carbocycles. The fourth-order valence-corrected chi connectivity index (χ4v) is 2.36. The molecule has 3 nitrogen and oxygen atoms in total. The lowest BCUT2D eigenvalue weighted by Crippen LogP contribution is -2.23. The minimum absolute atomic E-state index is 0.392. The predicted molar refractivity (Wildman–Crippen MR) is 102 cm³/mol. The minimum atomic E-state index is -2.48. The van der Waals surface area contributed by atoms with Crippen LogP contribution in [0.15, 0.2) is 0 Å². The zero-order valence-electron chi connectivity index (χ0n) is 14.8. The van der Waals surface area contributed by atoms with E-state index in [1.54, 1.807) is 0 Å². The van der Waals surface area contributed by atoms with E-state index in [2.05, 4.69) is 0 Å². The lowest BCUT2D eigenvalue weighted by Gasteiger charge is -2.09. The predicted octanol–water partition coefficient (Wildman–Crippen LogP) is 4.15. The third-order valence-corrected chi connectivity index (χ3v) is 6.70. The Kier molecular flexibility index (Phi) is 25.7. The van der Waals surface area contributed by atoms with Crippen molar-refractivity contribution in [3.8, 4) is 0 Å². The highest BCUT2D eigenvalue weighted by Gasteiger charge is 2.19. The van der Waals surface area contributed by atoms with Gasteiger partial charge in [0.2, 0.25) is 0 Å². The maximum absolute atomic E-state index is 10.1. The van der Waals surface area contributed by atoms with Crippen molar-refractivity contribution >= 4 is 32.4 Å². The Balaban J connectivity index is -0.000000199. The molecule has 0 bridgehead atoms. The Bertz CT molecular complexity index is 277. The number of hydrogen-bond acceptors (Lipinski definition) is 4. The van der Waals surface area contributed by atoms with Gasteiger partial charge < -0.3 is 0 Å². The molecule has 0 unspecified atom stereocenters. The zero-order valence-corrected chi connectivity index (χ0v) is 17.3. The monoisotopic (exact) mass is 360 g/mol. The lowest BCUT2D eigenvalue weighted by molar-refractivity contribution is 0.580. The van der Waals surface area contributed by atoms with Gasteiger partial charge in [-0.05, 0) is 30.8 Å². The topological polar surface area (TPSA) is 51.2 Å². The van der Waals surface area contributed by atoms with Crippen LogP contribution in [0.25, 0.3) is 0 Å². The maximum Gasteiger partial charge on any atom is 0.150 e. The van der Waals surface area contributed by atoms with E-state index in [9.17, 15) is 12.6 Å². The van der Waals surface area contributed by atoms with Gasteiger partial charge in [-0.1, -0.05) is 41.5 Å². The van der Waals surface area contributed by atoms with Crippen LogP contribution in [-0.4, -0.2) is 47.1 Å². The van der Waals surface area contributed by atoms with Crippen LogP contribution >= 0.6 is 11.8 Å². The molecule has 0 radical (unpaired) electrons. The molecule has 0 spiro atoms. The van der Waals surface area contributed by atoms with E-state index >= 15 is 0 Å². The summed E-state index contributed by atoms with van der Waals surface area (Å²) in [5.74, 6) is 5.60. The van der Waals surface area contributed by atoms with Gasteiger partial charge in [0.25, 0.3) is 0 Å². The van der Waals surface area contributed by atoms with Gasteiger partial charge >= 0.3 is 0 Å². The maximum atomic E-state index is 10.1. The van der Waals surface area contributed by atoms with Crippen molar-refractivity contribution in [3.63, 3.8) is 0 Å². The molecule has 3 aliphatic rings. The van der Waals surface area contributed by atoms with E-state index in [0.717, 1.165) is 17.9 Å². The molecule has 132 valence electrons. The van der Waals surface area contributed by atoms with Crippen molar-refractivity contribution in [3.05, 3.63) is 0 Å². The van der Waals surface area contributed by atoms with Crippen LogP contribution in [0.3, 0.4) is 0 Å². The molecule has 0 amide bonds. The molecule has 21 heavy (non-hydrogen) atoms. The second-order valence-electron chi connectivity index (χ2n) is 3.67. The summed E-state index contributed by atoms with van der Waals surface area (Å²) in [6, 6.07) is 0. The molecule has 6 heteroatoms. The molecule has 0 aromatic rings. The standard InChI is InChI=1S/C3H6O2S.C3H6OS.C3H6S.3C2H6/c4-6(5)2-1-3-6;4-5-2-1-3-5;1-2-4-3-1;3*1-2/h1-3H2;1-3H2;1-3H2;3*1-2H3. The number of thioether (sulfide) groups is 1. The number of sulfone groups is 1. The molecule has 0 atom stereocenters. The van der Waals surface area contributed by atoms with Crippen LogP contribution < -0.4 is 0 Å². The summed E-state index contributed by atoms with van der Waals surface area (Å²) in [6.45, 7) is 12.0. The lowest BCUT2D eigenvalue weighted by atomic mass is 10.5. The molecule has 3 rings (SSSR count). The van der Waals surface area contributed by atoms with Gasteiger partial charge in [0.15, 0.2) is 0 Å². The van der Waals surface area contributed by atoms with Crippen molar-refractivity contribution in [2.75, 3.05) is 34.5 Å². The summed E-state index contributed by atoms with van der Waals surface area (Å²) in [4.78, 5) is 0. The first-order chi connectivity index (χ1) is 10.1. The summed E-state index contributed by atoms with van der Waals surface area (Å²) in [6.07, 6.45) is 3.53. The van der Waals surface area contributed by atoms with E-state index in [-0.39, 0.29) is 0 Å². The molecule has 3 aliphatic heterocycles. The molecule has 0 N–H and O–H groups in total. The molecule has 0 aromatic heterocycles. The van der Waals surface area contributed by atoms with Crippen molar-refractivity contribution in [2.24, 2.45) is 0 Å². The molecule has 3 heterocycles. The highest BCUT2D eigenvalue weighted by Crippen LogP contribution is 2.14. The van der Waals surface area contributed by atoms with E-state index in [1.165, 1.54) is 24.3 Å². The average Bonchev–Trinajstić information content (AvgIpc) is 2.41. The molecule has 3 fully saturated rings. The fraction of sp³-hybridized carbons (Fsp3) is 1.00. The van der Waals surface area contributed by atoms with Gasteiger partial charge in [-0.2, -0.15) is 11.8 Å². The van der Waals surface area contributed by atoms with Crippen molar-refractivity contribution in [1.29, 1.82) is 0 Å². The van der Waals surface area contributed by atoms with Crippen LogP contribution in [0.5, 0.6) is 0 Å². The van der Waals surface area contributed by atoms with E-state index in [1.807, 2.05) is 53.3 Å². The average molecular weight is 361 g/mol. The second-order valence-corrected chi connectivity index (χ2v) is 8.90. The highest BCUT2D eigenvalue weighted by molar-refractivity contribution is 8.00. The Morgan fingerprint density at radius 3 is 1.00 bits per heavy atom. The van der Waals surface area contributed by atoms with Gasteiger partial charge in [0, 0.05) is 22.3 Å². The normalized spacial score (nSPS) is 19.7. The molecule has 0 aliphatic carbocycles. The zero-order chi connectivity index (χ0) is 17.1. The van der Waals surface area contributed by atoms with Crippen LogP contribution in [0.2, 0.25) is 0 Å². The van der Waals surface area contributed by atoms with Gasteiger partial charge in [-0.3, -0.25) is 4.21 Å². The molecular formula is C15H36O3S3. The molecule has 0 saturated carbocycles. The molecule has 3 saturated heterocycles. The van der Waals surface area contributed by atoms with Gasteiger partial charge in [0.05, 0.1) is 11.5 Å². The quantitative estimate of drug-likeness (QED) is 0.651. The van der Waals surface area contributed by atoms with Gasteiger partial charge in [-0.25, -0.2) is 8.42 Å². The van der Waals surface area contributed by atoms with Crippen LogP contribution in [0.4, 0.5) is 0 Å². The van der Waals surface area contributed by atoms with Crippen LogP contribution in [0, 0.1) is 0 Å². The SMILES string of the molecule is C1CSC1.CC.CC.CC.O=S1(=O)CCC1.O=S1CCC1. The first-order valence-electron chi connectivity index (χ1n) is 8.23. The molecular weight excluding hydrogens is 324 g/mol. The van der Waals surface area contributed by atoms with Crippen LogP contribution in [-0.2, 0) is 20.6 Å². The smallest absolute Gasteiger partial charge is 0.150 e. The minimum Gasteiger partial charge on any atom is -0.260 e. The van der Waals surface area contributed by atoms with E-state index in [4.69, 9.17) is 0 Å². The number of hydrogen-bond donors (Lipinski definition) is 0. The summed E-state index contributed by atoms with van der Waals surface area (Å²) in [5, 5.41) is 0. The summed E-state index contributed by atoms with van der Waals surface area (Å²) < 4.78 is 30.2. The van der Waals surface area contributed by atoms with Crippen LogP contribution in [0.1, 0.15) is 60.8 Å². The Morgan fingerprint density at radius 2 is 1.00 bits per heavy atom. The summed E-state index contributed by atoms with van der Waals surface area (Å²) in [5.41, 5.74) is 0. The Morgan fingerprint density at radius 1 is 0.762 bits per heavy atom. The van der Waals surface area contributed by atoms with E-state index in [0.29, 0.717) is 11.5 Å². The van der Waals surface area contributed by atoms with E-state index < -0.39 is 20.6 Å². The third-order valence-electron chi connectivity index (χ3n) is 2.23. The first kappa shape index (κ1) is 26.4. The summed E-state index contributed by atoms with van der Waals surface area (Å²) in [7, 11) is -2.87. The third kappa shape index (κ3) is 20.4. The summed E-state index contributed by atoms with van der Waals surface area (Å²) >= 11 is 2.04. The Labute approximate surface area is 140 Å². The first-order valence-corrected chi connectivity index (χ1v) is 12.7. The second kappa shape index (κ2) is 20.5. The Hall–Kier alpha value is 0.450.